The van der Waals surface area contributed by atoms with E-state index in [1.165, 1.54) is 43.4 Å². The van der Waals surface area contributed by atoms with Crippen molar-refractivity contribution in [1.82, 2.24) is 9.97 Å². The first-order chi connectivity index (χ1) is 10.8. The molecule has 2 aromatic heterocycles. The van der Waals surface area contributed by atoms with E-state index in [0.717, 1.165) is 23.6 Å². The van der Waals surface area contributed by atoms with Crippen LogP contribution >= 0.6 is 11.3 Å². The minimum atomic E-state index is 0.0812. The number of hydrogen-bond acceptors (Lipinski definition) is 4. The number of thiazole rings is 1. The Morgan fingerprint density at radius 3 is 2.95 bits per heavy atom. The van der Waals surface area contributed by atoms with E-state index in [0.29, 0.717) is 11.6 Å². The summed E-state index contributed by atoms with van der Waals surface area (Å²) in [5.41, 5.74) is 1.84. The highest BCUT2D eigenvalue weighted by atomic mass is 32.1. The van der Waals surface area contributed by atoms with Crippen molar-refractivity contribution >= 4 is 22.4 Å². The first-order valence-electron chi connectivity index (χ1n) is 7.97. The van der Waals surface area contributed by atoms with Gasteiger partial charge in [-0.25, -0.2) is 4.98 Å². The molecule has 1 amide bonds. The average molecular weight is 315 g/mol. The Morgan fingerprint density at radius 2 is 2.18 bits per heavy atom. The lowest BCUT2D eigenvalue weighted by molar-refractivity contribution is -0.116. The van der Waals surface area contributed by atoms with Crippen LogP contribution in [0.1, 0.15) is 44.9 Å². The van der Waals surface area contributed by atoms with E-state index < -0.39 is 0 Å². The predicted octanol–water partition coefficient (Wildman–Crippen LogP) is 4.50. The van der Waals surface area contributed by atoms with Gasteiger partial charge in [0.25, 0.3) is 0 Å². The molecule has 0 unspecified atom stereocenters. The highest BCUT2D eigenvalue weighted by Crippen LogP contribution is 2.28. The van der Waals surface area contributed by atoms with Crippen LogP contribution in [0.2, 0.25) is 0 Å². The molecule has 5 heteroatoms. The zero-order valence-corrected chi connectivity index (χ0v) is 13.4. The number of rotatable bonds is 5. The summed E-state index contributed by atoms with van der Waals surface area (Å²) in [6.45, 7) is 0. The van der Waals surface area contributed by atoms with Crippen molar-refractivity contribution in [2.75, 3.05) is 5.32 Å². The van der Waals surface area contributed by atoms with E-state index in [2.05, 4.69) is 15.3 Å². The molecule has 1 N–H and O–H groups in total. The molecule has 0 saturated heterocycles. The molecule has 0 spiro atoms. The fourth-order valence-electron chi connectivity index (χ4n) is 2.97. The molecule has 0 aliphatic heterocycles. The van der Waals surface area contributed by atoms with E-state index in [1.807, 2.05) is 17.5 Å². The highest BCUT2D eigenvalue weighted by molar-refractivity contribution is 7.14. The molecule has 0 bridgehead atoms. The number of aromatic nitrogens is 2. The van der Waals surface area contributed by atoms with Crippen molar-refractivity contribution in [2.45, 2.75) is 44.9 Å². The molecule has 0 aromatic carbocycles. The van der Waals surface area contributed by atoms with E-state index in [-0.39, 0.29) is 5.91 Å². The molecule has 1 fully saturated rings. The molecule has 0 atom stereocenters. The maximum Gasteiger partial charge on any atom is 0.226 e. The molecule has 116 valence electrons. The van der Waals surface area contributed by atoms with Gasteiger partial charge < -0.3 is 5.32 Å². The van der Waals surface area contributed by atoms with Crippen LogP contribution in [0, 0.1) is 5.92 Å². The van der Waals surface area contributed by atoms with Crippen molar-refractivity contribution in [3.63, 3.8) is 0 Å². The third kappa shape index (κ3) is 4.13. The van der Waals surface area contributed by atoms with E-state index >= 15 is 0 Å². The summed E-state index contributed by atoms with van der Waals surface area (Å²) in [6.07, 6.45) is 11.7. The van der Waals surface area contributed by atoms with E-state index in [9.17, 15) is 4.79 Å². The van der Waals surface area contributed by atoms with Gasteiger partial charge in [-0.2, -0.15) is 0 Å². The van der Waals surface area contributed by atoms with Crippen LogP contribution in [0.25, 0.3) is 11.3 Å². The lowest BCUT2D eigenvalue weighted by Gasteiger charge is -2.20. The Kier molecular flexibility index (Phi) is 5.16. The van der Waals surface area contributed by atoms with Gasteiger partial charge in [-0.15, -0.1) is 11.3 Å². The second-order valence-corrected chi connectivity index (χ2v) is 6.73. The van der Waals surface area contributed by atoms with Crippen molar-refractivity contribution in [2.24, 2.45) is 5.92 Å². The number of pyridine rings is 1. The molecular formula is C17H21N3OS. The van der Waals surface area contributed by atoms with Gasteiger partial charge >= 0.3 is 0 Å². The van der Waals surface area contributed by atoms with Gasteiger partial charge in [0, 0.05) is 29.8 Å². The summed E-state index contributed by atoms with van der Waals surface area (Å²) in [7, 11) is 0. The third-order valence-electron chi connectivity index (χ3n) is 4.21. The second kappa shape index (κ2) is 7.49. The summed E-state index contributed by atoms with van der Waals surface area (Å²) in [5.74, 6) is 0.819. The molecule has 2 aromatic rings. The summed E-state index contributed by atoms with van der Waals surface area (Å²) in [5, 5.41) is 5.55. The van der Waals surface area contributed by atoms with Gasteiger partial charge in [0.1, 0.15) is 0 Å². The van der Waals surface area contributed by atoms with Gasteiger partial charge in [-0.3, -0.25) is 9.78 Å². The van der Waals surface area contributed by atoms with Crippen LogP contribution in [-0.4, -0.2) is 15.9 Å². The Hall–Kier alpha value is -1.75. The van der Waals surface area contributed by atoms with Gasteiger partial charge in [-0.1, -0.05) is 32.1 Å². The maximum absolute atomic E-state index is 12.0. The van der Waals surface area contributed by atoms with Crippen LogP contribution in [0.5, 0.6) is 0 Å². The van der Waals surface area contributed by atoms with Crippen LogP contribution in [-0.2, 0) is 4.79 Å². The second-order valence-electron chi connectivity index (χ2n) is 5.87. The molecule has 4 nitrogen and oxygen atoms in total. The normalized spacial score (nSPS) is 15.6. The summed E-state index contributed by atoms with van der Waals surface area (Å²) >= 11 is 1.46. The summed E-state index contributed by atoms with van der Waals surface area (Å²) < 4.78 is 0. The fourth-order valence-corrected chi connectivity index (χ4v) is 3.71. The number of carbonyl (C=O) groups is 1. The summed E-state index contributed by atoms with van der Waals surface area (Å²) in [4.78, 5) is 20.6. The maximum atomic E-state index is 12.0. The smallest absolute Gasteiger partial charge is 0.226 e. The van der Waals surface area contributed by atoms with Crippen molar-refractivity contribution in [3.05, 3.63) is 29.9 Å². The Morgan fingerprint density at radius 1 is 1.32 bits per heavy atom. The van der Waals surface area contributed by atoms with Crippen LogP contribution in [0.15, 0.2) is 29.9 Å². The third-order valence-corrected chi connectivity index (χ3v) is 4.97. The van der Waals surface area contributed by atoms with Crippen LogP contribution < -0.4 is 5.32 Å². The topological polar surface area (TPSA) is 54.9 Å². The predicted molar refractivity (Wildman–Crippen MR) is 89.8 cm³/mol. The number of nitrogens with zero attached hydrogens (tertiary/aromatic N) is 2. The number of nitrogens with one attached hydrogen (secondary N) is 1. The van der Waals surface area contributed by atoms with Crippen molar-refractivity contribution in [1.29, 1.82) is 0 Å². The van der Waals surface area contributed by atoms with Gasteiger partial charge in [0.15, 0.2) is 5.13 Å². The SMILES string of the molecule is O=C(CCC1CCCCC1)Nc1nc(-c2cccnc2)cs1. The zero-order valence-electron chi connectivity index (χ0n) is 12.6. The van der Waals surface area contributed by atoms with Crippen molar-refractivity contribution < 1.29 is 4.79 Å². The molecular weight excluding hydrogens is 294 g/mol. The van der Waals surface area contributed by atoms with Gasteiger partial charge in [0.2, 0.25) is 5.91 Å². The minimum absolute atomic E-state index is 0.0812. The molecule has 22 heavy (non-hydrogen) atoms. The minimum Gasteiger partial charge on any atom is -0.302 e. The first kappa shape index (κ1) is 15.2. The fraction of sp³-hybridized carbons (Fsp3) is 0.471. The van der Waals surface area contributed by atoms with Crippen LogP contribution in [0.4, 0.5) is 5.13 Å². The molecule has 1 aliphatic rings. The van der Waals surface area contributed by atoms with Crippen molar-refractivity contribution in [3.8, 4) is 11.3 Å². The summed E-state index contributed by atoms with van der Waals surface area (Å²) in [6, 6.07) is 3.85. The first-order valence-corrected chi connectivity index (χ1v) is 8.85. The largest absolute Gasteiger partial charge is 0.302 e. The number of anilines is 1. The molecule has 3 rings (SSSR count). The Labute approximate surface area is 135 Å². The van der Waals surface area contributed by atoms with Gasteiger partial charge in [-0.05, 0) is 24.5 Å². The number of amides is 1. The Balaban J connectivity index is 1.50. The Bertz CT molecular complexity index is 605. The monoisotopic (exact) mass is 315 g/mol. The highest BCUT2D eigenvalue weighted by Gasteiger charge is 2.15. The molecule has 0 radical (unpaired) electrons. The average Bonchev–Trinajstić information content (AvgIpc) is 3.03. The molecule has 1 aliphatic carbocycles. The molecule has 2 heterocycles. The quantitative estimate of drug-likeness (QED) is 0.883. The van der Waals surface area contributed by atoms with E-state index in [4.69, 9.17) is 0 Å². The van der Waals surface area contributed by atoms with Gasteiger partial charge in [0.05, 0.1) is 5.69 Å². The standard InChI is InChI=1S/C17H21N3OS/c21-16(9-8-13-5-2-1-3-6-13)20-17-19-15(12-22-17)14-7-4-10-18-11-14/h4,7,10-13H,1-3,5-6,8-9H2,(H,19,20,21). The number of carbonyl (C=O) groups excluding carboxylic acids is 1. The lowest BCUT2D eigenvalue weighted by atomic mass is 9.86. The van der Waals surface area contributed by atoms with E-state index in [1.54, 1.807) is 12.4 Å². The number of hydrogen-bond donors (Lipinski definition) is 1. The lowest BCUT2D eigenvalue weighted by Crippen LogP contribution is -2.14. The van der Waals surface area contributed by atoms with Crippen LogP contribution in [0.3, 0.4) is 0 Å². The molecule has 1 saturated carbocycles. The zero-order chi connectivity index (χ0) is 15.2.